The fraction of sp³-hybridized carbons (Fsp3) is 0.652. The summed E-state index contributed by atoms with van der Waals surface area (Å²) in [6.07, 6.45) is 17.5. The van der Waals surface area contributed by atoms with E-state index in [0.29, 0.717) is 0 Å². The van der Waals surface area contributed by atoms with Crippen molar-refractivity contribution in [2.24, 2.45) is 11.8 Å². The molecule has 2 aliphatic rings. The standard InChI is InChI=1S/C23H32F2/c1-2-3-4-5-17-6-8-18(9-7-17)10-11-19-12-13-20-15-22(24)23(25)16-21(20)14-19/h14-18H,2-13H2,1H3. The fourth-order valence-corrected chi connectivity index (χ4v) is 4.62. The van der Waals surface area contributed by atoms with Crippen LogP contribution in [0, 0.1) is 23.5 Å². The minimum absolute atomic E-state index is 0.716. The summed E-state index contributed by atoms with van der Waals surface area (Å²) in [4.78, 5) is 0. The van der Waals surface area contributed by atoms with Crippen LogP contribution in [0.3, 0.4) is 0 Å². The highest BCUT2D eigenvalue weighted by molar-refractivity contribution is 5.59. The zero-order valence-corrected chi connectivity index (χ0v) is 15.6. The normalized spacial score (nSPS) is 23.2. The summed E-state index contributed by atoms with van der Waals surface area (Å²) in [5, 5.41) is 0. The maximum atomic E-state index is 13.5. The van der Waals surface area contributed by atoms with Crippen LogP contribution in [-0.4, -0.2) is 0 Å². The molecule has 0 heterocycles. The highest BCUT2D eigenvalue weighted by Crippen LogP contribution is 2.36. The van der Waals surface area contributed by atoms with Gasteiger partial charge in [0.25, 0.3) is 0 Å². The van der Waals surface area contributed by atoms with Crippen LogP contribution >= 0.6 is 0 Å². The van der Waals surface area contributed by atoms with E-state index in [1.54, 1.807) is 0 Å². The molecule has 0 aliphatic heterocycles. The first-order chi connectivity index (χ1) is 12.2. The van der Waals surface area contributed by atoms with Crippen molar-refractivity contribution in [2.45, 2.75) is 84.0 Å². The number of rotatable bonds is 7. The number of fused-ring (bicyclic) bond motifs is 1. The Morgan fingerprint density at radius 3 is 2.28 bits per heavy atom. The lowest BCUT2D eigenvalue weighted by atomic mass is 9.77. The van der Waals surface area contributed by atoms with E-state index in [9.17, 15) is 8.78 Å². The molecule has 2 aliphatic carbocycles. The molecule has 0 bridgehead atoms. The minimum Gasteiger partial charge on any atom is -0.204 e. The molecule has 3 rings (SSSR count). The Morgan fingerprint density at radius 1 is 0.880 bits per heavy atom. The summed E-state index contributed by atoms with van der Waals surface area (Å²) in [5.74, 6) is 0.403. The molecule has 0 unspecified atom stereocenters. The van der Waals surface area contributed by atoms with Crippen LogP contribution in [0.15, 0.2) is 17.7 Å². The topological polar surface area (TPSA) is 0 Å². The molecule has 0 radical (unpaired) electrons. The van der Waals surface area contributed by atoms with Gasteiger partial charge < -0.3 is 0 Å². The van der Waals surface area contributed by atoms with E-state index < -0.39 is 11.6 Å². The van der Waals surface area contributed by atoms with E-state index in [4.69, 9.17) is 0 Å². The molecule has 1 fully saturated rings. The van der Waals surface area contributed by atoms with Gasteiger partial charge in [0.15, 0.2) is 11.6 Å². The predicted molar refractivity (Wildman–Crippen MR) is 101 cm³/mol. The monoisotopic (exact) mass is 346 g/mol. The Bertz CT molecular complexity index is 594. The molecule has 1 saturated carbocycles. The van der Waals surface area contributed by atoms with Crippen molar-refractivity contribution in [1.29, 1.82) is 0 Å². The van der Waals surface area contributed by atoms with Gasteiger partial charge in [0.2, 0.25) is 0 Å². The van der Waals surface area contributed by atoms with E-state index in [-0.39, 0.29) is 0 Å². The summed E-state index contributed by atoms with van der Waals surface area (Å²) in [6.45, 7) is 2.28. The first kappa shape index (κ1) is 18.6. The van der Waals surface area contributed by atoms with Crippen molar-refractivity contribution >= 4 is 6.08 Å². The lowest BCUT2D eigenvalue weighted by Crippen LogP contribution is -2.15. The number of aryl methyl sites for hydroxylation is 1. The second kappa shape index (κ2) is 8.96. The molecule has 2 heteroatoms. The quantitative estimate of drug-likeness (QED) is 0.449. The molecule has 0 nitrogen and oxygen atoms in total. The van der Waals surface area contributed by atoms with E-state index in [1.807, 2.05) is 0 Å². The first-order valence-corrected chi connectivity index (χ1v) is 10.3. The summed E-state index contributed by atoms with van der Waals surface area (Å²) >= 11 is 0. The smallest absolute Gasteiger partial charge is 0.159 e. The third-order valence-corrected chi connectivity index (χ3v) is 6.31. The average molecular weight is 347 g/mol. The zero-order valence-electron chi connectivity index (χ0n) is 15.6. The zero-order chi connectivity index (χ0) is 17.6. The molecule has 1 aromatic rings. The number of hydrogen-bond donors (Lipinski definition) is 0. The molecular weight excluding hydrogens is 314 g/mol. The van der Waals surface area contributed by atoms with E-state index in [2.05, 4.69) is 13.0 Å². The molecule has 0 aromatic heterocycles. The predicted octanol–water partition coefficient (Wildman–Crippen LogP) is 7.46. The van der Waals surface area contributed by atoms with Gasteiger partial charge in [-0.05, 0) is 60.8 Å². The average Bonchev–Trinajstić information content (AvgIpc) is 2.62. The van der Waals surface area contributed by atoms with Gasteiger partial charge in [-0.15, -0.1) is 0 Å². The molecule has 0 spiro atoms. The van der Waals surface area contributed by atoms with Gasteiger partial charge in [0, 0.05) is 0 Å². The summed E-state index contributed by atoms with van der Waals surface area (Å²) in [6, 6.07) is 2.74. The van der Waals surface area contributed by atoms with Gasteiger partial charge in [-0.3, -0.25) is 0 Å². The van der Waals surface area contributed by atoms with E-state index in [0.717, 1.165) is 42.2 Å². The summed E-state index contributed by atoms with van der Waals surface area (Å²) in [5.41, 5.74) is 3.26. The number of halogens is 2. The third kappa shape index (κ3) is 5.15. The second-order valence-corrected chi connectivity index (χ2v) is 8.19. The van der Waals surface area contributed by atoms with Crippen molar-refractivity contribution in [1.82, 2.24) is 0 Å². The molecule has 0 atom stereocenters. The lowest BCUT2D eigenvalue weighted by molar-refractivity contribution is 0.249. The van der Waals surface area contributed by atoms with E-state index >= 15 is 0 Å². The highest BCUT2D eigenvalue weighted by atomic mass is 19.2. The van der Waals surface area contributed by atoms with Gasteiger partial charge >= 0.3 is 0 Å². The highest BCUT2D eigenvalue weighted by Gasteiger charge is 2.21. The first-order valence-electron chi connectivity index (χ1n) is 10.3. The Labute approximate surface area is 151 Å². The molecule has 0 saturated heterocycles. The van der Waals surface area contributed by atoms with Crippen molar-refractivity contribution in [3.63, 3.8) is 0 Å². The summed E-state index contributed by atoms with van der Waals surface area (Å²) < 4.78 is 26.8. The van der Waals surface area contributed by atoms with Crippen molar-refractivity contribution < 1.29 is 8.78 Å². The summed E-state index contributed by atoms with van der Waals surface area (Å²) in [7, 11) is 0. The molecule has 0 amide bonds. The van der Waals surface area contributed by atoms with Gasteiger partial charge in [0.1, 0.15) is 0 Å². The van der Waals surface area contributed by atoms with Crippen LogP contribution < -0.4 is 0 Å². The SMILES string of the molecule is CCCCCC1CCC(CCC2=Cc3cc(F)c(F)cc3CC2)CC1. The van der Waals surface area contributed by atoms with Crippen LogP contribution in [0.25, 0.3) is 6.08 Å². The van der Waals surface area contributed by atoms with Gasteiger partial charge in [-0.25, -0.2) is 8.78 Å². The number of unbranched alkanes of at least 4 members (excludes halogenated alkanes) is 2. The number of hydrogen-bond acceptors (Lipinski definition) is 0. The maximum Gasteiger partial charge on any atom is 0.159 e. The molecule has 138 valence electrons. The van der Waals surface area contributed by atoms with Crippen molar-refractivity contribution in [2.75, 3.05) is 0 Å². The molecule has 1 aromatic carbocycles. The third-order valence-electron chi connectivity index (χ3n) is 6.31. The van der Waals surface area contributed by atoms with E-state index in [1.165, 1.54) is 75.5 Å². The van der Waals surface area contributed by atoms with Crippen LogP contribution in [0.1, 0.15) is 88.7 Å². The minimum atomic E-state index is -0.724. The van der Waals surface area contributed by atoms with Gasteiger partial charge in [0.05, 0.1) is 0 Å². The Balaban J connectivity index is 1.45. The van der Waals surface area contributed by atoms with Crippen molar-refractivity contribution in [3.8, 4) is 0 Å². The number of benzene rings is 1. The maximum absolute atomic E-state index is 13.5. The Kier molecular flexibility index (Phi) is 6.67. The molecular formula is C23H32F2. The van der Waals surface area contributed by atoms with Crippen LogP contribution in [-0.2, 0) is 6.42 Å². The van der Waals surface area contributed by atoms with Crippen LogP contribution in [0.5, 0.6) is 0 Å². The van der Waals surface area contributed by atoms with Crippen LogP contribution in [0.2, 0.25) is 0 Å². The lowest BCUT2D eigenvalue weighted by Gasteiger charge is -2.29. The fourth-order valence-electron chi connectivity index (χ4n) is 4.62. The van der Waals surface area contributed by atoms with Crippen LogP contribution in [0.4, 0.5) is 8.78 Å². The van der Waals surface area contributed by atoms with Crippen molar-refractivity contribution in [3.05, 3.63) is 40.5 Å². The second-order valence-electron chi connectivity index (χ2n) is 8.19. The van der Waals surface area contributed by atoms with Gasteiger partial charge in [-0.1, -0.05) is 69.9 Å². The Hall–Kier alpha value is -1.18. The molecule has 0 N–H and O–H groups in total. The largest absolute Gasteiger partial charge is 0.204 e. The Morgan fingerprint density at radius 2 is 1.56 bits per heavy atom. The molecule has 25 heavy (non-hydrogen) atoms. The van der Waals surface area contributed by atoms with Gasteiger partial charge in [-0.2, -0.15) is 0 Å². The number of allylic oxidation sites excluding steroid dienone is 1.